The third-order valence-corrected chi connectivity index (χ3v) is 3.11. The fraction of sp³-hybridized carbons (Fsp3) is 0.0625. The van der Waals surface area contributed by atoms with Gasteiger partial charge in [-0.3, -0.25) is 0 Å². The Kier molecular flexibility index (Phi) is 3.21. The summed E-state index contributed by atoms with van der Waals surface area (Å²) in [5, 5.41) is 9.29. The Balaban J connectivity index is 1.90. The average molecular weight is 268 g/mol. The van der Waals surface area contributed by atoms with E-state index in [-0.39, 0.29) is 11.6 Å². The van der Waals surface area contributed by atoms with Gasteiger partial charge in [-0.2, -0.15) is 0 Å². The van der Waals surface area contributed by atoms with E-state index < -0.39 is 0 Å². The maximum Gasteiger partial charge on any atom is 0.140 e. The Morgan fingerprint density at radius 2 is 1.70 bits per heavy atom. The van der Waals surface area contributed by atoms with Crippen LogP contribution in [0.1, 0.15) is 5.56 Å². The van der Waals surface area contributed by atoms with Crippen LogP contribution in [0, 0.1) is 5.82 Å². The second kappa shape index (κ2) is 5.17. The summed E-state index contributed by atoms with van der Waals surface area (Å²) in [5.74, 6) is 0.779. The molecule has 20 heavy (non-hydrogen) atoms. The smallest absolute Gasteiger partial charge is 0.140 e. The van der Waals surface area contributed by atoms with E-state index in [1.807, 2.05) is 22.9 Å². The molecule has 2 aromatic carbocycles. The fourth-order valence-corrected chi connectivity index (χ4v) is 2.09. The van der Waals surface area contributed by atoms with Crippen molar-refractivity contribution < 1.29 is 9.50 Å². The van der Waals surface area contributed by atoms with Crippen LogP contribution in [-0.2, 0) is 6.54 Å². The number of halogens is 1. The molecule has 100 valence electrons. The zero-order valence-electron chi connectivity index (χ0n) is 10.7. The van der Waals surface area contributed by atoms with Crippen LogP contribution in [0.25, 0.3) is 11.4 Å². The van der Waals surface area contributed by atoms with Crippen molar-refractivity contribution in [1.29, 1.82) is 0 Å². The van der Waals surface area contributed by atoms with Crippen molar-refractivity contribution in [3.05, 3.63) is 72.3 Å². The van der Waals surface area contributed by atoms with Crippen LogP contribution in [0.4, 0.5) is 4.39 Å². The molecule has 0 atom stereocenters. The van der Waals surface area contributed by atoms with Crippen LogP contribution in [-0.4, -0.2) is 14.7 Å². The van der Waals surface area contributed by atoms with E-state index in [9.17, 15) is 9.50 Å². The molecule has 0 amide bonds. The largest absolute Gasteiger partial charge is 0.508 e. The number of aromatic nitrogens is 2. The Morgan fingerprint density at radius 1 is 1.00 bits per heavy atom. The zero-order chi connectivity index (χ0) is 13.9. The van der Waals surface area contributed by atoms with Crippen molar-refractivity contribution >= 4 is 0 Å². The van der Waals surface area contributed by atoms with Crippen molar-refractivity contribution in [2.75, 3.05) is 0 Å². The van der Waals surface area contributed by atoms with Crippen molar-refractivity contribution in [1.82, 2.24) is 9.55 Å². The summed E-state index contributed by atoms with van der Waals surface area (Å²) in [7, 11) is 0. The predicted molar refractivity (Wildman–Crippen MR) is 74.8 cm³/mol. The van der Waals surface area contributed by atoms with Crippen LogP contribution in [0.2, 0.25) is 0 Å². The minimum absolute atomic E-state index is 0.248. The standard InChI is InChI=1S/C16H13FN2O/c17-14-5-3-13(4-6-14)16-18-9-10-19(16)11-12-1-7-15(20)8-2-12/h1-10,20H,11H2. The number of rotatable bonds is 3. The van der Waals surface area contributed by atoms with Gasteiger partial charge in [-0.25, -0.2) is 9.37 Å². The van der Waals surface area contributed by atoms with Gasteiger partial charge in [-0.05, 0) is 42.0 Å². The minimum Gasteiger partial charge on any atom is -0.508 e. The van der Waals surface area contributed by atoms with Gasteiger partial charge in [0.15, 0.2) is 0 Å². The van der Waals surface area contributed by atoms with Gasteiger partial charge in [-0.15, -0.1) is 0 Å². The molecule has 0 aliphatic rings. The van der Waals surface area contributed by atoms with E-state index in [1.54, 1.807) is 30.5 Å². The number of aromatic hydroxyl groups is 1. The Labute approximate surface area is 116 Å². The summed E-state index contributed by atoms with van der Waals surface area (Å²) in [5.41, 5.74) is 1.93. The van der Waals surface area contributed by atoms with Crippen LogP contribution < -0.4 is 0 Å². The van der Waals surface area contributed by atoms with Gasteiger partial charge in [0.2, 0.25) is 0 Å². The summed E-state index contributed by atoms with van der Waals surface area (Å²) in [6, 6.07) is 13.3. The van der Waals surface area contributed by atoms with Gasteiger partial charge >= 0.3 is 0 Å². The molecule has 1 aromatic heterocycles. The van der Waals surface area contributed by atoms with Gasteiger partial charge in [0.05, 0.1) is 0 Å². The Morgan fingerprint density at radius 3 is 2.40 bits per heavy atom. The fourth-order valence-electron chi connectivity index (χ4n) is 2.09. The molecule has 3 nitrogen and oxygen atoms in total. The number of benzene rings is 2. The molecule has 0 unspecified atom stereocenters. The minimum atomic E-state index is -0.259. The van der Waals surface area contributed by atoms with Crippen LogP contribution in [0.5, 0.6) is 5.75 Å². The number of hydrogen-bond acceptors (Lipinski definition) is 2. The second-order valence-electron chi connectivity index (χ2n) is 4.55. The van der Waals surface area contributed by atoms with Crippen LogP contribution in [0.3, 0.4) is 0 Å². The van der Waals surface area contributed by atoms with Crippen LogP contribution in [0.15, 0.2) is 60.9 Å². The predicted octanol–water partition coefficient (Wildman–Crippen LogP) is 3.44. The van der Waals surface area contributed by atoms with Crippen molar-refractivity contribution in [2.24, 2.45) is 0 Å². The normalized spacial score (nSPS) is 10.7. The first kappa shape index (κ1) is 12.4. The highest BCUT2D eigenvalue weighted by atomic mass is 19.1. The maximum absolute atomic E-state index is 13.0. The molecule has 4 heteroatoms. The molecule has 0 radical (unpaired) electrons. The van der Waals surface area contributed by atoms with Crippen molar-refractivity contribution in [3.63, 3.8) is 0 Å². The van der Waals surface area contributed by atoms with Gasteiger partial charge < -0.3 is 9.67 Å². The van der Waals surface area contributed by atoms with Crippen LogP contribution >= 0.6 is 0 Å². The molecule has 3 rings (SSSR count). The highest BCUT2D eigenvalue weighted by Crippen LogP contribution is 2.19. The van der Waals surface area contributed by atoms with Crippen molar-refractivity contribution in [2.45, 2.75) is 6.54 Å². The van der Waals surface area contributed by atoms with Gasteiger partial charge in [0.25, 0.3) is 0 Å². The number of nitrogens with zero attached hydrogens (tertiary/aromatic N) is 2. The van der Waals surface area contributed by atoms with Gasteiger partial charge in [-0.1, -0.05) is 12.1 Å². The monoisotopic (exact) mass is 268 g/mol. The molecule has 0 aliphatic heterocycles. The first-order valence-corrected chi connectivity index (χ1v) is 6.27. The number of imidazole rings is 1. The molecule has 0 spiro atoms. The summed E-state index contributed by atoms with van der Waals surface area (Å²) in [4.78, 5) is 4.32. The van der Waals surface area contributed by atoms with E-state index >= 15 is 0 Å². The SMILES string of the molecule is Oc1ccc(Cn2ccnc2-c2ccc(F)cc2)cc1. The third kappa shape index (κ3) is 2.54. The highest BCUT2D eigenvalue weighted by molar-refractivity contribution is 5.55. The topological polar surface area (TPSA) is 38.0 Å². The molecule has 0 aliphatic carbocycles. The summed E-state index contributed by atoms with van der Waals surface area (Å²) in [6.45, 7) is 0.646. The van der Waals surface area contributed by atoms with E-state index in [0.717, 1.165) is 17.0 Å². The summed E-state index contributed by atoms with van der Waals surface area (Å²) in [6.07, 6.45) is 3.60. The lowest BCUT2D eigenvalue weighted by Crippen LogP contribution is -2.00. The molecule has 1 N–H and O–H groups in total. The van der Waals surface area contributed by atoms with Gasteiger partial charge in [0, 0.05) is 24.5 Å². The molecular weight excluding hydrogens is 255 g/mol. The van der Waals surface area contributed by atoms with E-state index in [0.29, 0.717) is 6.54 Å². The quantitative estimate of drug-likeness (QED) is 0.790. The summed E-state index contributed by atoms with van der Waals surface area (Å²) < 4.78 is 14.9. The molecule has 0 bridgehead atoms. The zero-order valence-corrected chi connectivity index (χ0v) is 10.7. The number of phenolic OH excluding ortho intramolecular Hbond substituents is 1. The lowest BCUT2D eigenvalue weighted by Gasteiger charge is -2.08. The van der Waals surface area contributed by atoms with E-state index in [1.165, 1.54) is 12.1 Å². The third-order valence-electron chi connectivity index (χ3n) is 3.11. The molecule has 1 heterocycles. The number of hydrogen-bond donors (Lipinski definition) is 1. The summed E-state index contributed by atoms with van der Waals surface area (Å²) >= 11 is 0. The molecule has 0 fully saturated rings. The first-order valence-electron chi connectivity index (χ1n) is 6.27. The van der Waals surface area contributed by atoms with E-state index in [2.05, 4.69) is 4.98 Å². The lowest BCUT2D eigenvalue weighted by molar-refractivity contribution is 0.475. The highest BCUT2D eigenvalue weighted by Gasteiger charge is 2.06. The molecular formula is C16H13FN2O. The molecule has 0 saturated heterocycles. The Hall–Kier alpha value is -2.62. The average Bonchev–Trinajstić information content (AvgIpc) is 2.90. The second-order valence-corrected chi connectivity index (χ2v) is 4.55. The van der Waals surface area contributed by atoms with Crippen molar-refractivity contribution in [3.8, 4) is 17.1 Å². The maximum atomic E-state index is 13.0. The molecule has 3 aromatic rings. The first-order chi connectivity index (χ1) is 9.72. The molecule has 0 saturated carbocycles. The Bertz CT molecular complexity index is 702. The van der Waals surface area contributed by atoms with E-state index in [4.69, 9.17) is 0 Å². The lowest BCUT2D eigenvalue weighted by atomic mass is 10.2. The number of phenols is 1. The van der Waals surface area contributed by atoms with Gasteiger partial charge in [0.1, 0.15) is 17.4 Å².